The van der Waals surface area contributed by atoms with Gasteiger partial charge in [-0.15, -0.1) is 0 Å². The average Bonchev–Trinajstić information content (AvgIpc) is 2.26. The molecule has 0 aromatic heterocycles. The van der Waals surface area contributed by atoms with E-state index in [0.717, 1.165) is 24.6 Å². The molecule has 0 fully saturated rings. The van der Waals surface area contributed by atoms with Crippen molar-refractivity contribution < 1.29 is 18.3 Å². The molecule has 18 heavy (non-hydrogen) atoms. The highest BCUT2D eigenvalue weighted by atomic mass is 19.1. The van der Waals surface area contributed by atoms with E-state index in [-0.39, 0.29) is 17.6 Å². The molecule has 0 heterocycles. The summed E-state index contributed by atoms with van der Waals surface area (Å²) in [5, 5.41) is 0. The predicted molar refractivity (Wildman–Crippen MR) is 65.6 cm³/mol. The van der Waals surface area contributed by atoms with Crippen LogP contribution < -0.4 is 0 Å². The Hall–Kier alpha value is -1.29. The maximum atomic E-state index is 13.3. The van der Waals surface area contributed by atoms with Crippen LogP contribution in [0.3, 0.4) is 0 Å². The van der Waals surface area contributed by atoms with Gasteiger partial charge in [-0.2, -0.15) is 0 Å². The maximum absolute atomic E-state index is 13.3. The van der Waals surface area contributed by atoms with Crippen molar-refractivity contribution in [3.8, 4) is 0 Å². The van der Waals surface area contributed by atoms with Gasteiger partial charge in [-0.3, -0.25) is 4.79 Å². The Morgan fingerprint density at radius 1 is 1.28 bits per heavy atom. The molecule has 0 saturated heterocycles. The van der Waals surface area contributed by atoms with Crippen LogP contribution in [0.15, 0.2) is 18.2 Å². The number of ether oxygens (including phenoxy) is 1. The molecule has 0 amide bonds. The molecule has 0 spiro atoms. The first-order valence-corrected chi connectivity index (χ1v) is 5.85. The van der Waals surface area contributed by atoms with Crippen LogP contribution >= 0.6 is 0 Å². The Bertz CT molecular complexity index is 422. The maximum Gasteiger partial charge on any atom is 0.191 e. The topological polar surface area (TPSA) is 26.3 Å². The smallest absolute Gasteiger partial charge is 0.191 e. The van der Waals surface area contributed by atoms with Gasteiger partial charge in [0.25, 0.3) is 0 Å². The van der Waals surface area contributed by atoms with Gasteiger partial charge >= 0.3 is 0 Å². The van der Waals surface area contributed by atoms with Gasteiger partial charge in [0.2, 0.25) is 0 Å². The van der Waals surface area contributed by atoms with Crippen LogP contribution in [0.2, 0.25) is 0 Å². The highest BCUT2D eigenvalue weighted by molar-refractivity contribution is 5.97. The number of rotatable bonds is 5. The second-order valence-electron chi connectivity index (χ2n) is 5.41. The second kappa shape index (κ2) is 6.05. The summed E-state index contributed by atoms with van der Waals surface area (Å²) >= 11 is 0. The van der Waals surface area contributed by atoms with Crippen LogP contribution in [0.5, 0.6) is 0 Å². The third-order valence-corrected chi connectivity index (χ3v) is 2.46. The molecule has 0 saturated carbocycles. The lowest BCUT2D eigenvalue weighted by molar-refractivity contribution is 0.0701. The molecule has 1 aromatic rings. The van der Waals surface area contributed by atoms with E-state index in [4.69, 9.17) is 4.74 Å². The van der Waals surface area contributed by atoms with Crippen molar-refractivity contribution >= 4 is 5.78 Å². The molecular weight excluding hydrogens is 238 g/mol. The standard InChI is InChI=1S/C14H18F2O2/c1-14(2,3)6-7-18-9-13(17)11-8-10(15)4-5-12(11)16/h4-5,8H,6-7,9H2,1-3H3. The monoisotopic (exact) mass is 256 g/mol. The number of Topliss-reactive ketones (excluding diaryl/α,β-unsaturated/α-hetero) is 1. The van der Waals surface area contributed by atoms with Gasteiger partial charge in [0.1, 0.15) is 18.2 Å². The van der Waals surface area contributed by atoms with Crippen LogP contribution in [0.25, 0.3) is 0 Å². The van der Waals surface area contributed by atoms with Crippen molar-refractivity contribution in [1.82, 2.24) is 0 Å². The molecule has 0 atom stereocenters. The highest BCUT2D eigenvalue weighted by Crippen LogP contribution is 2.18. The first kappa shape index (κ1) is 14.8. The summed E-state index contributed by atoms with van der Waals surface area (Å²) in [4.78, 5) is 11.6. The van der Waals surface area contributed by atoms with Crippen LogP contribution in [-0.4, -0.2) is 19.0 Å². The second-order valence-corrected chi connectivity index (χ2v) is 5.41. The van der Waals surface area contributed by atoms with Gasteiger partial charge in [0.05, 0.1) is 5.56 Å². The van der Waals surface area contributed by atoms with Gasteiger partial charge in [-0.1, -0.05) is 20.8 Å². The summed E-state index contributed by atoms with van der Waals surface area (Å²) in [7, 11) is 0. The van der Waals surface area contributed by atoms with E-state index in [1.807, 2.05) is 0 Å². The van der Waals surface area contributed by atoms with E-state index >= 15 is 0 Å². The number of halogens is 2. The van der Waals surface area contributed by atoms with E-state index in [0.29, 0.717) is 6.61 Å². The van der Waals surface area contributed by atoms with E-state index in [1.54, 1.807) is 0 Å². The third-order valence-electron chi connectivity index (χ3n) is 2.46. The fourth-order valence-electron chi connectivity index (χ4n) is 1.33. The average molecular weight is 256 g/mol. The lowest BCUT2D eigenvalue weighted by Crippen LogP contribution is -2.15. The third kappa shape index (κ3) is 4.92. The van der Waals surface area contributed by atoms with Gasteiger partial charge in [-0.25, -0.2) is 8.78 Å². The first-order chi connectivity index (χ1) is 8.29. The van der Waals surface area contributed by atoms with Crippen molar-refractivity contribution in [3.05, 3.63) is 35.4 Å². The Balaban J connectivity index is 2.48. The fraction of sp³-hybridized carbons (Fsp3) is 0.500. The van der Waals surface area contributed by atoms with Gasteiger partial charge < -0.3 is 4.74 Å². The molecule has 0 unspecified atom stereocenters. The largest absolute Gasteiger partial charge is 0.373 e. The van der Waals surface area contributed by atoms with Crippen molar-refractivity contribution in [3.63, 3.8) is 0 Å². The van der Waals surface area contributed by atoms with Crippen molar-refractivity contribution in [2.24, 2.45) is 5.41 Å². The van der Waals surface area contributed by atoms with Crippen molar-refractivity contribution in [2.45, 2.75) is 27.2 Å². The summed E-state index contributed by atoms with van der Waals surface area (Å²) in [6.45, 7) is 6.38. The number of hydrogen-bond donors (Lipinski definition) is 0. The summed E-state index contributed by atoms with van der Waals surface area (Å²) in [5.74, 6) is -1.89. The quantitative estimate of drug-likeness (QED) is 0.594. The molecule has 0 N–H and O–H groups in total. The minimum Gasteiger partial charge on any atom is -0.373 e. The number of carbonyl (C=O) groups is 1. The summed E-state index contributed by atoms with van der Waals surface area (Å²) in [6.07, 6.45) is 0.798. The number of carbonyl (C=O) groups excluding carboxylic acids is 1. The van der Waals surface area contributed by atoms with Gasteiger partial charge in [0.15, 0.2) is 5.78 Å². The summed E-state index contributed by atoms with van der Waals surface area (Å²) < 4.78 is 31.3. The SMILES string of the molecule is CC(C)(C)CCOCC(=O)c1cc(F)ccc1F. The van der Waals surface area contributed by atoms with Gasteiger partial charge in [0, 0.05) is 6.61 Å². The molecule has 1 aromatic carbocycles. The van der Waals surface area contributed by atoms with Crippen LogP contribution in [0, 0.1) is 17.0 Å². The number of hydrogen-bond acceptors (Lipinski definition) is 2. The Labute approximate surface area is 106 Å². The molecule has 1 rings (SSSR count). The number of ketones is 1. The molecule has 0 aliphatic rings. The highest BCUT2D eigenvalue weighted by Gasteiger charge is 2.14. The Morgan fingerprint density at radius 3 is 2.56 bits per heavy atom. The first-order valence-electron chi connectivity index (χ1n) is 5.85. The Morgan fingerprint density at radius 2 is 1.94 bits per heavy atom. The zero-order valence-corrected chi connectivity index (χ0v) is 10.9. The summed E-state index contributed by atoms with van der Waals surface area (Å²) in [6, 6.07) is 2.81. The normalized spacial score (nSPS) is 11.6. The number of benzene rings is 1. The van der Waals surface area contributed by atoms with E-state index < -0.39 is 17.4 Å². The molecule has 0 bridgehead atoms. The molecular formula is C14H18F2O2. The lowest BCUT2D eigenvalue weighted by Gasteiger charge is -2.17. The van der Waals surface area contributed by atoms with E-state index in [9.17, 15) is 13.6 Å². The fourth-order valence-corrected chi connectivity index (χ4v) is 1.33. The molecule has 0 aliphatic heterocycles. The van der Waals surface area contributed by atoms with Crippen molar-refractivity contribution in [2.75, 3.05) is 13.2 Å². The zero-order valence-electron chi connectivity index (χ0n) is 10.9. The van der Waals surface area contributed by atoms with Crippen LogP contribution in [0.4, 0.5) is 8.78 Å². The Kier molecular flexibility index (Phi) is 4.96. The molecule has 2 nitrogen and oxygen atoms in total. The van der Waals surface area contributed by atoms with Gasteiger partial charge in [-0.05, 0) is 30.0 Å². The zero-order chi connectivity index (χ0) is 13.8. The predicted octanol–water partition coefficient (Wildman–Crippen LogP) is 3.60. The van der Waals surface area contributed by atoms with E-state index in [1.165, 1.54) is 0 Å². The minimum atomic E-state index is -0.721. The minimum absolute atomic E-state index is 0.118. The summed E-state index contributed by atoms with van der Waals surface area (Å²) in [5.41, 5.74) is -0.140. The molecule has 0 aliphatic carbocycles. The van der Waals surface area contributed by atoms with Crippen LogP contribution in [-0.2, 0) is 4.74 Å². The lowest BCUT2D eigenvalue weighted by atomic mass is 9.93. The van der Waals surface area contributed by atoms with Crippen LogP contribution in [0.1, 0.15) is 37.6 Å². The molecule has 4 heteroatoms. The molecule has 0 radical (unpaired) electrons. The van der Waals surface area contributed by atoms with Crippen molar-refractivity contribution in [1.29, 1.82) is 0 Å². The van der Waals surface area contributed by atoms with E-state index in [2.05, 4.69) is 20.8 Å². The molecule has 100 valence electrons.